The summed E-state index contributed by atoms with van der Waals surface area (Å²) in [5, 5.41) is 9.00. The van der Waals surface area contributed by atoms with Crippen molar-refractivity contribution in [1.82, 2.24) is 9.55 Å². The topological polar surface area (TPSA) is 55.1 Å². The molecular weight excluding hydrogens is 240 g/mol. The summed E-state index contributed by atoms with van der Waals surface area (Å²) in [5.74, 6) is 0.734. The van der Waals surface area contributed by atoms with Gasteiger partial charge in [0.05, 0.1) is 17.0 Å². The first-order chi connectivity index (χ1) is 8.99. The van der Waals surface area contributed by atoms with Crippen molar-refractivity contribution in [3.05, 3.63) is 29.6 Å². The van der Waals surface area contributed by atoms with E-state index in [4.69, 9.17) is 5.11 Å². The Morgan fingerprint density at radius 2 is 2.21 bits per heavy atom. The number of carbonyl (C=O) groups is 1. The largest absolute Gasteiger partial charge is 0.481 e. The van der Waals surface area contributed by atoms with E-state index < -0.39 is 5.97 Å². The lowest BCUT2D eigenvalue weighted by molar-refractivity contribution is -0.138. The molecule has 1 N–H and O–H groups in total. The fourth-order valence-electron chi connectivity index (χ4n) is 2.82. The summed E-state index contributed by atoms with van der Waals surface area (Å²) < 4.78 is 2.12. The predicted octanol–water partition coefficient (Wildman–Crippen LogP) is 2.88. The number of hydrogen-bond acceptors (Lipinski definition) is 2. The van der Waals surface area contributed by atoms with Gasteiger partial charge in [0.25, 0.3) is 0 Å². The first kappa shape index (κ1) is 12.2. The number of fused-ring (bicyclic) bond motifs is 1. The Kier molecular flexibility index (Phi) is 2.62. The molecule has 1 saturated carbocycles. The maximum Gasteiger partial charge on any atom is 0.307 e. The van der Waals surface area contributed by atoms with E-state index in [0.717, 1.165) is 28.8 Å². The molecule has 2 atom stereocenters. The minimum Gasteiger partial charge on any atom is -0.481 e. The summed E-state index contributed by atoms with van der Waals surface area (Å²) in [6, 6.07) is 6.15. The molecule has 0 spiro atoms. The molecule has 1 aliphatic rings. The Labute approximate surface area is 112 Å². The number of aromatic nitrogens is 2. The monoisotopic (exact) mass is 258 g/mol. The summed E-state index contributed by atoms with van der Waals surface area (Å²) in [6.07, 6.45) is 0.755. The Hall–Kier alpha value is -1.84. The van der Waals surface area contributed by atoms with Gasteiger partial charge in [-0.3, -0.25) is 4.79 Å². The lowest BCUT2D eigenvalue weighted by Gasteiger charge is -2.04. The molecule has 19 heavy (non-hydrogen) atoms. The lowest BCUT2D eigenvalue weighted by atomic mass is 10.1. The fraction of sp³-hybridized carbons (Fsp3) is 0.467. The highest BCUT2D eigenvalue weighted by molar-refractivity contribution is 5.79. The van der Waals surface area contributed by atoms with Crippen LogP contribution in [-0.4, -0.2) is 20.6 Å². The zero-order valence-corrected chi connectivity index (χ0v) is 11.4. The van der Waals surface area contributed by atoms with Crippen molar-refractivity contribution in [2.24, 2.45) is 13.0 Å². The second kappa shape index (κ2) is 4.08. The minimum atomic E-state index is -0.686. The molecule has 100 valence electrons. The van der Waals surface area contributed by atoms with Crippen LogP contribution in [0, 0.1) is 5.92 Å². The summed E-state index contributed by atoms with van der Waals surface area (Å²) in [5.41, 5.74) is 3.19. The third-order valence-electron chi connectivity index (χ3n) is 3.99. The van der Waals surface area contributed by atoms with Gasteiger partial charge < -0.3 is 9.67 Å². The van der Waals surface area contributed by atoms with E-state index in [-0.39, 0.29) is 11.8 Å². The molecule has 0 amide bonds. The van der Waals surface area contributed by atoms with Crippen LogP contribution in [0.4, 0.5) is 0 Å². The molecule has 0 bridgehead atoms. The molecule has 1 aromatic carbocycles. The van der Waals surface area contributed by atoms with Gasteiger partial charge in [0.15, 0.2) is 0 Å². The number of imidazole rings is 1. The van der Waals surface area contributed by atoms with Crippen molar-refractivity contribution in [2.75, 3.05) is 0 Å². The van der Waals surface area contributed by atoms with Gasteiger partial charge in [-0.2, -0.15) is 0 Å². The van der Waals surface area contributed by atoms with Crippen molar-refractivity contribution in [3.8, 4) is 0 Å². The smallest absolute Gasteiger partial charge is 0.307 e. The molecule has 0 saturated heterocycles. The van der Waals surface area contributed by atoms with Crippen LogP contribution in [0.1, 0.15) is 43.5 Å². The van der Waals surface area contributed by atoms with Crippen molar-refractivity contribution in [1.29, 1.82) is 0 Å². The van der Waals surface area contributed by atoms with Crippen LogP contribution in [0.5, 0.6) is 0 Å². The van der Waals surface area contributed by atoms with Gasteiger partial charge in [0.1, 0.15) is 5.82 Å². The molecule has 3 rings (SSSR count). The standard InChI is InChI=1S/C15H18N2O2/c1-8(2)14-16-12-6-9(4-5-13(12)17(14)3)10-7-11(10)15(18)19/h4-6,8,10-11H,7H2,1-3H3,(H,18,19). The molecule has 0 radical (unpaired) electrons. The van der Waals surface area contributed by atoms with Gasteiger partial charge in [-0.15, -0.1) is 0 Å². The van der Waals surface area contributed by atoms with Gasteiger partial charge in [-0.05, 0) is 30.0 Å². The van der Waals surface area contributed by atoms with Crippen molar-refractivity contribution in [3.63, 3.8) is 0 Å². The van der Waals surface area contributed by atoms with Crippen LogP contribution in [0.3, 0.4) is 0 Å². The van der Waals surface area contributed by atoms with Crippen LogP contribution >= 0.6 is 0 Å². The summed E-state index contributed by atoms with van der Waals surface area (Å²) in [4.78, 5) is 15.6. The number of carboxylic acids is 1. The van der Waals surface area contributed by atoms with Crippen molar-refractivity contribution >= 4 is 17.0 Å². The second-order valence-corrected chi connectivity index (χ2v) is 5.72. The molecule has 0 aliphatic heterocycles. The van der Waals surface area contributed by atoms with E-state index in [1.165, 1.54) is 0 Å². The highest BCUT2D eigenvalue weighted by Crippen LogP contribution is 2.48. The molecule has 2 aromatic rings. The summed E-state index contributed by atoms with van der Waals surface area (Å²) in [7, 11) is 2.03. The number of carboxylic acid groups (broad SMARTS) is 1. The number of nitrogens with zero attached hydrogens (tertiary/aromatic N) is 2. The van der Waals surface area contributed by atoms with Gasteiger partial charge >= 0.3 is 5.97 Å². The van der Waals surface area contributed by atoms with Crippen molar-refractivity contribution in [2.45, 2.75) is 32.1 Å². The van der Waals surface area contributed by atoms with E-state index in [2.05, 4.69) is 35.5 Å². The van der Waals surface area contributed by atoms with Gasteiger partial charge in [0, 0.05) is 13.0 Å². The minimum absolute atomic E-state index is 0.173. The van der Waals surface area contributed by atoms with Crippen LogP contribution in [-0.2, 0) is 11.8 Å². The number of rotatable bonds is 3. The Balaban J connectivity index is 2.00. The number of aryl methyl sites for hydroxylation is 1. The Morgan fingerprint density at radius 1 is 1.47 bits per heavy atom. The van der Waals surface area contributed by atoms with E-state index in [9.17, 15) is 4.79 Å². The van der Waals surface area contributed by atoms with E-state index in [0.29, 0.717) is 5.92 Å². The molecule has 4 nitrogen and oxygen atoms in total. The molecule has 1 aromatic heterocycles. The Morgan fingerprint density at radius 3 is 2.79 bits per heavy atom. The van der Waals surface area contributed by atoms with Gasteiger partial charge in [-0.1, -0.05) is 19.9 Å². The highest BCUT2D eigenvalue weighted by Gasteiger charge is 2.44. The summed E-state index contributed by atoms with van der Waals surface area (Å²) in [6.45, 7) is 4.26. The van der Waals surface area contributed by atoms with E-state index >= 15 is 0 Å². The molecule has 1 fully saturated rings. The third kappa shape index (κ3) is 1.91. The average Bonchev–Trinajstić information content (AvgIpc) is 3.09. The van der Waals surface area contributed by atoms with E-state index in [1.807, 2.05) is 13.1 Å². The summed E-state index contributed by atoms with van der Waals surface area (Å²) >= 11 is 0. The normalized spacial score (nSPS) is 22.1. The quantitative estimate of drug-likeness (QED) is 0.921. The SMILES string of the molecule is CC(C)c1nc2cc(C3CC3C(=O)O)ccc2n1C. The van der Waals surface area contributed by atoms with E-state index in [1.54, 1.807) is 0 Å². The van der Waals surface area contributed by atoms with Crippen LogP contribution in [0.2, 0.25) is 0 Å². The predicted molar refractivity (Wildman–Crippen MR) is 73.3 cm³/mol. The zero-order chi connectivity index (χ0) is 13.7. The third-order valence-corrected chi connectivity index (χ3v) is 3.99. The van der Waals surface area contributed by atoms with Crippen LogP contribution in [0.15, 0.2) is 18.2 Å². The number of hydrogen-bond donors (Lipinski definition) is 1. The number of aliphatic carboxylic acids is 1. The van der Waals surface area contributed by atoms with Gasteiger partial charge in [-0.25, -0.2) is 4.98 Å². The number of benzene rings is 1. The van der Waals surface area contributed by atoms with Gasteiger partial charge in [0.2, 0.25) is 0 Å². The lowest BCUT2D eigenvalue weighted by Crippen LogP contribution is -1.99. The fourth-order valence-corrected chi connectivity index (χ4v) is 2.82. The second-order valence-electron chi connectivity index (χ2n) is 5.72. The van der Waals surface area contributed by atoms with Crippen LogP contribution in [0.25, 0.3) is 11.0 Å². The maximum atomic E-state index is 10.9. The average molecular weight is 258 g/mol. The molecular formula is C15H18N2O2. The van der Waals surface area contributed by atoms with Crippen molar-refractivity contribution < 1.29 is 9.90 Å². The van der Waals surface area contributed by atoms with Crippen LogP contribution < -0.4 is 0 Å². The highest BCUT2D eigenvalue weighted by atomic mass is 16.4. The molecule has 1 aliphatic carbocycles. The molecule has 4 heteroatoms. The zero-order valence-electron chi connectivity index (χ0n) is 11.4. The molecule has 2 unspecified atom stereocenters. The first-order valence-corrected chi connectivity index (χ1v) is 6.68. The molecule has 1 heterocycles. The first-order valence-electron chi connectivity index (χ1n) is 6.68. The Bertz CT molecular complexity index is 657. The maximum absolute atomic E-state index is 10.9.